The number of rotatable bonds is 5. The predicted octanol–water partition coefficient (Wildman–Crippen LogP) is 3.73. The van der Waals surface area contributed by atoms with E-state index in [1.165, 1.54) is 0 Å². The lowest BCUT2D eigenvalue weighted by atomic mass is 9.73. The summed E-state index contributed by atoms with van der Waals surface area (Å²) in [5, 5.41) is 0. The third kappa shape index (κ3) is 2.72. The van der Waals surface area contributed by atoms with Gasteiger partial charge in [0.1, 0.15) is 5.78 Å². The number of carbonyl (C=O) groups excluding carboxylic acids is 1. The summed E-state index contributed by atoms with van der Waals surface area (Å²) in [7, 11) is 3.24. The van der Waals surface area contributed by atoms with E-state index >= 15 is 0 Å². The summed E-state index contributed by atoms with van der Waals surface area (Å²) in [6.07, 6.45) is 5.45. The van der Waals surface area contributed by atoms with Gasteiger partial charge >= 0.3 is 0 Å². The van der Waals surface area contributed by atoms with Crippen molar-refractivity contribution >= 4 is 5.78 Å². The van der Waals surface area contributed by atoms with E-state index in [4.69, 9.17) is 9.47 Å². The van der Waals surface area contributed by atoms with E-state index in [9.17, 15) is 4.79 Å². The third-order valence-electron chi connectivity index (χ3n) is 4.05. The van der Waals surface area contributed by atoms with Crippen molar-refractivity contribution in [2.45, 2.75) is 31.6 Å². The van der Waals surface area contributed by atoms with Crippen molar-refractivity contribution in [3.05, 3.63) is 36.4 Å². The van der Waals surface area contributed by atoms with Crippen LogP contribution >= 0.6 is 0 Å². The molecule has 2 atom stereocenters. The average molecular weight is 274 g/mol. The van der Waals surface area contributed by atoms with Gasteiger partial charge in [-0.25, -0.2) is 0 Å². The van der Waals surface area contributed by atoms with Crippen molar-refractivity contribution in [1.29, 1.82) is 0 Å². The Hall–Kier alpha value is -1.77. The number of methoxy groups -OCH3 is 2. The Labute approximate surface area is 120 Å². The van der Waals surface area contributed by atoms with Gasteiger partial charge in [-0.2, -0.15) is 0 Å². The second kappa shape index (κ2) is 6.60. The molecule has 0 N–H and O–H groups in total. The van der Waals surface area contributed by atoms with Crippen LogP contribution in [0.2, 0.25) is 0 Å². The second-order valence-corrected chi connectivity index (χ2v) is 5.20. The molecule has 1 aromatic rings. The van der Waals surface area contributed by atoms with Crippen LogP contribution in [0.4, 0.5) is 0 Å². The molecule has 1 fully saturated rings. The van der Waals surface area contributed by atoms with Crippen LogP contribution in [-0.2, 0) is 4.79 Å². The van der Waals surface area contributed by atoms with Gasteiger partial charge in [0.25, 0.3) is 0 Å². The van der Waals surface area contributed by atoms with Crippen LogP contribution in [0.15, 0.2) is 30.9 Å². The molecule has 0 spiro atoms. The highest BCUT2D eigenvalue weighted by molar-refractivity contribution is 5.87. The zero-order valence-corrected chi connectivity index (χ0v) is 12.2. The Morgan fingerprint density at radius 3 is 2.80 bits per heavy atom. The fourth-order valence-electron chi connectivity index (χ4n) is 3.18. The molecule has 0 radical (unpaired) electrons. The van der Waals surface area contributed by atoms with Gasteiger partial charge < -0.3 is 9.47 Å². The molecule has 0 aliphatic heterocycles. The standard InChI is InChI=1S/C17H22O3/c1-4-7-12-8-5-10-14(18)16(12)13-9-6-11-15(19-2)17(13)20-3/h4,6,9,11-12,16H,1,5,7-8,10H2,2-3H3/t12-,16-/m1/s1. The summed E-state index contributed by atoms with van der Waals surface area (Å²) < 4.78 is 10.8. The highest BCUT2D eigenvalue weighted by Gasteiger charge is 2.34. The van der Waals surface area contributed by atoms with Crippen LogP contribution in [0.25, 0.3) is 0 Å². The number of hydrogen-bond donors (Lipinski definition) is 0. The lowest BCUT2D eigenvalue weighted by Crippen LogP contribution is -2.26. The van der Waals surface area contributed by atoms with Gasteiger partial charge in [-0.3, -0.25) is 4.79 Å². The fraction of sp³-hybridized carbons (Fsp3) is 0.471. The van der Waals surface area contributed by atoms with Crippen molar-refractivity contribution in [1.82, 2.24) is 0 Å². The maximum Gasteiger partial charge on any atom is 0.164 e. The summed E-state index contributed by atoms with van der Waals surface area (Å²) in [6.45, 7) is 3.82. The second-order valence-electron chi connectivity index (χ2n) is 5.20. The minimum Gasteiger partial charge on any atom is -0.493 e. The monoisotopic (exact) mass is 274 g/mol. The number of Topliss-reactive ketones (excluding diaryl/α,β-unsaturated/α-hetero) is 1. The van der Waals surface area contributed by atoms with Crippen LogP contribution < -0.4 is 9.47 Å². The molecule has 2 rings (SSSR count). The maximum absolute atomic E-state index is 12.4. The third-order valence-corrected chi connectivity index (χ3v) is 4.05. The molecule has 3 nitrogen and oxygen atoms in total. The van der Waals surface area contributed by atoms with Gasteiger partial charge in [-0.1, -0.05) is 18.2 Å². The normalized spacial score (nSPS) is 22.4. The van der Waals surface area contributed by atoms with Crippen LogP contribution in [0.5, 0.6) is 11.5 Å². The molecule has 20 heavy (non-hydrogen) atoms. The van der Waals surface area contributed by atoms with E-state index in [-0.39, 0.29) is 5.92 Å². The van der Waals surface area contributed by atoms with Crippen molar-refractivity contribution in [2.24, 2.45) is 5.92 Å². The highest BCUT2D eigenvalue weighted by Crippen LogP contribution is 2.44. The summed E-state index contributed by atoms with van der Waals surface area (Å²) >= 11 is 0. The first-order valence-corrected chi connectivity index (χ1v) is 7.07. The quantitative estimate of drug-likeness (QED) is 0.767. The average Bonchev–Trinajstić information content (AvgIpc) is 2.47. The number of benzene rings is 1. The van der Waals surface area contributed by atoms with Crippen LogP contribution in [0, 0.1) is 5.92 Å². The molecule has 0 unspecified atom stereocenters. The Morgan fingerprint density at radius 2 is 2.15 bits per heavy atom. The molecule has 0 amide bonds. The molecule has 3 heteroatoms. The number of allylic oxidation sites excluding steroid dienone is 1. The van der Waals surface area contributed by atoms with Gasteiger partial charge in [0.05, 0.1) is 14.2 Å². The molecule has 1 aliphatic carbocycles. The van der Waals surface area contributed by atoms with Crippen LogP contribution in [-0.4, -0.2) is 20.0 Å². The fourth-order valence-corrected chi connectivity index (χ4v) is 3.18. The first kappa shape index (κ1) is 14.6. The summed E-state index contributed by atoms with van der Waals surface area (Å²) in [5.74, 6) is 1.88. The Kier molecular flexibility index (Phi) is 4.83. The smallest absolute Gasteiger partial charge is 0.164 e. The molecule has 0 aromatic heterocycles. The number of hydrogen-bond acceptors (Lipinski definition) is 3. The van der Waals surface area contributed by atoms with Crippen LogP contribution in [0.1, 0.15) is 37.2 Å². The molecule has 1 saturated carbocycles. The van der Waals surface area contributed by atoms with Gasteiger partial charge in [0.15, 0.2) is 11.5 Å². The zero-order valence-electron chi connectivity index (χ0n) is 12.2. The largest absolute Gasteiger partial charge is 0.493 e. The molecule has 0 heterocycles. The Bertz CT molecular complexity index is 493. The summed E-state index contributed by atoms with van der Waals surface area (Å²) in [4.78, 5) is 12.4. The topological polar surface area (TPSA) is 35.5 Å². The molecular weight excluding hydrogens is 252 g/mol. The van der Waals surface area contributed by atoms with E-state index in [2.05, 4.69) is 6.58 Å². The van der Waals surface area contributed by atoms with Crippen molar-refractivity contribution < 1.29 is 14.3 Å². The summed E-state index contributed by atoms with van der Waals surface area (Å²) in [6, 6.07) is 5.76. The Balaban J connectivity index is 2.45. The van der Waals surface area contributed by atoms with E-state index in [1.54, 1.807) is 14.2 Å². The van der Waals surface area contributed by atoms with Gasteiger partial charge in [-0.05, 0) is 31.2 Å². The van der Waals surface area contributed by atoms with Crippen molar-refractivity contribution in [2.75, 3.05) is 14.2 Å². The Morgan fingerprint density at radius 1 is 1.35 bits per heavy atom. The predicted molar refractivity (Wildman–Crippen MR) is 79.4 cm³/mol. The first-order chi connectivity index (χ1) is 9.72. The van der Waals surface area contributed by atoms with E-state index in [1.807, 2.05) is 24.3 Å². The van der Waals surface area contributed by atoms with E-state index in [0.29, 0.717) is 29.6 Å². The number of carbonyl (C=O) groups is 1. The number of ether oxygens (including phenoxy) is 2. The van der Waals surface area contributed by atoms with Crippen molar-refractivity contribution in [3.8, 4) is 11.5 Å². The lowest BCUT2D eigenvalue weighted by Gasteiger charge is -2.31. The van der Waals surface area contributed by atoms with Gasteiger partial charge in [0.2, 0.25) is 0 Å². The highest BCUT2D eigenvalue weighted by atomic mass is 16.5. The summed E-state index contributed by atoms with van der Waals surface area (Å²) in [5.41, 5.74) is 0.948. The molecule has 108 valence electrons. The molecule has 0 saturated heterocycles. The first-order valence-electron chi connectivity index (χ1n) is 7.07. The molecule has 1 aliphatic rings. The van der Waals surface area contributed by atoms with Gasteiger partial charge in [-0.15, -0.1) is 6.58 Å². The number of ketones is 1. The zero-order chi connectivity index (χ0) is 14.5. The minimum atomic E-state index is -0.105. The SMILES string of the molecule is C=CC[C@@H]1CCCC(=O)[C@H]1c1cccc(OC)c1OC. The van der Waals surface area contributed by atoms with Crippen LogP contribution in [0.3, 0.4) is 0 Å². The van der Waals surface area contributed by atoms with Gasteiger partial charge in [0, 0.05) is 17.9 Å². The molecule has 1 aromatic carbocycles. The van der Waals surface area contributed by atoms with E-state index in [0.717, 1.165) is 24.8 Å². The molecule has 0 bridgehead atoms. The lowest BCUT2D eigenvalue weighted by molar-refractivity contribution is -0.123. The maximum atomic E-state index is 12.4. The minimum absolute atomic E-state index is 0.105. The van der Waals surface area contributed by atoms with Crippen molar-refractivity contribution in [3.63, 3.8) is 0 Å². The van der Waals surface area contributed by atoms with E-state index < -0.39 is 0 Å². The molecular formula is C17H22O3. The number of para-hydroxylation sites is 1.